The molecule has 0 amide bonds. The van der Waals surface area contributed by atoms with Gasteiger partial charge in [0, 0.05) is 37.1 Å². The van der Waals surface area contributed by atoms with E-state index in [2.05, 4.69) is 4.99 Å². The molecule has 1 aliphatic heterocycles. The lowest BCUT2D eigenvalue weighted by Gasteiger charge is -2.46. The van der Waals surface area contributed by atoms with Gasteiger partial charge < -0.3 is 4.74 Å². The molecule has 0 aromatic heterocycles. The number of nitrogens with zero attached hydrogens (tertiary/aromatic N) is 1. The molecule has 0 N–H and O–H groups in total. The first-order valence-electron chi connectivity index (χ1n) is 11.6. The predicted octanol–water partition coefficient (Wildman–Crippen LogP) is 5.31. The number of rotatable bonds is 6. The van der Waals surface area contributed by atoms with Crippen molar-refractivity contribution in [3.8, 4) is 0 Å². The molecule has 1 aromatic carbocycles. The number of allylic oxidation sites excluding steroid dienone is 2. The Morgan fingerprint density at radius 1 is 1.32 bits per heavy atom. The molecule has 3 aliphatic rings. The number of benzene rings is 1. The number of ether oxygens (including phenoxy) is 1. The molecule has 3 fully saturated rings. The lowest BCUT2D eigenvalue weighted by atomic mass is 9.56. The van der Waals surface area contributed by atoms with E-state index in [9.17, 15) is 14.0 Å². The summed E-state index contributed by atoms with van der Waals surface area (Å²) in [5.74, 6) is 1.39. The maximum absolute atomic E-state index is 13.4. The van der Waals surface area contributed by atoms with Crippen molar-refractivity contribution in [3.63, 3.8) is 0 Å². The molecule has 2 aliphatic carbocycles. The van der Waals surface area contributed by atoms with E-state index >= 15 is 0 Å². The first-order chi connectivity index (χ1) is 15.0. The smallest absolute Gasteiger partial charge is 0.309 e. The maximum atomic E-state index is 13.4. The number of ketones is 1. The summed E-state index contributed by atoms with van der Waals surface area (Å²) in [6.45, 7) is 3.99. The van der Waals surface area contributed by atoms with Gasteiger partial charge in [-0.1, -0.05) is 18.2 Å². The van der Waals surface area contributed by atoms with Gasteiger partial charge in [0.25, 0.3) is 0 Å². The highest BCUT2D eigenvalue weighted by Gasteiger charge is 2.54. The van der Waals surface area contributed by atoms with Crippen molar-refractivity contribution >= 4 is 18.0 Å². The van der Waals surface area contributed by atoms with E-state index in [-0.39, 0.29) is 29.7 Å². The van der Waals surface area contributed by atoms with Crippen molar-refractivity contribution in [2.75, 3.05) is 0 Å². The molecule has 4 rings (SSSR count). The molecule has 1 saturated heterocycles. The highest BCUT2D eigenvalue weighted by Crippen LogP contribution is 2.54. The van der Waals surface area contributed by atoms with E-state index in [1.807, 2.05) is 32.2 Å². The lowest BCUT2D eigenvalue weighted by Crippen LogP contribution is -2.45. The molecule has 4 nitrogen and oxygen atoms in total. The van der Waals surface area contributed by atoms with Crippen LogP contribution in [0.2, 0.25) is 0 Å². The Hall–Kier alpha value is -2.30. The Kier molecular flexibility index (Phi) is 6.68. The minimum absolute atomic E-state index is 0.0139. The minimum Gasteiger partial charge on any atom is -0.462 e. The average Bonchev–Trinajstić information content (AvgIpc) is 3.03. The Balaban J connectivity index is 1.44. The minimum atomic E-state index is -0.233. The Bertz CT molecular complexity index is 892. The molecule has 5 heteroatoms. The van der Waals surface area contributed by atoms with Crippen molar-refractivity contribution in [2.24, 2.45) is 34.6 Å². The zero-order valence-electron chi connectivity index (χ0n) is 18.4. The van der Waals surface area contributed by atoms with Crippen molar-refractivity contribution in [1.82, 2.24) is 0 Å². The van der Waals surface area contributed by atoms with Crippen LogP contribution >= 0.6 is 0 Å². The fourth-order valence-corrected chi connectivity index (χ4v) is 6.17. The van der Waals surface area contributed by atoms with E-state index in [4.69, 9.17) is 4.74 Å². The second kappa shape index (κ2) is 9.46. The van der Waals surface area contributed by atoms with Gasteiger partial charge in [0.2, 0.25) is 0 Å². The summed E-state index contributed by atoms with van der Waals surface area (Å²) in [5, 5.41) is 0. The third-order valence-electron chi connectivity index (χ3n) is 7.62. The van der Waals surface area contributed by atoms with Crippen LogP contribution in [-0.2, 0) is 20.7 Å². The quantitative estimate of drug-likeness (QED) is 0.459. The van der Waals surface area contributed by atoms with E-state index in [0.29, 0.717) is 42.8 Å². The Morgan fingerprint density at radius 2 is 2.16 bits per heavy atom. The van der Waals surface area contributed by atoms with Gasteiger partial charge in [0.15, 0.2) is 0 Å². The van der Waals surface area contributed by atoms with Gasteiger partial charge in [-0.3, -0.25) is 14.6 Å². The van der Waals surface area contributed by atoms with Crippen LogP contribution in [0.5, 0.6) is 0 Å². The summed E-state index contributed by atoms with van der Waals surface area (Å²) in [7, 11) is 0. The fraction of sp³-hybridized carbons (Fsp3) is 0.577. The topological polar surface area (TPSA) is 55.7 Å². The Labute approximate surface area is 184 Å². The number of carbonyl (C=O) groups excluding carboxylic acids is 2. The maximum Gasteiger partial charge on any atom is 0.309 e. The van der Waals surface area contributed by atoms with Crippen molar-refractivity contribution in [3.05, 3.63) is 47.4 Å². The molecule has 1 heterocycles. The van der Waals surface area contributed by atoms with Crippen LogP contribution in [-0.4, -0.2) is 24.1 Å². The van der Waals surface area contributed by atoms with Crippen LogP contribution < -0.4 is 0 Å². The molecule has 6 atom stereocenters. The summed E-state index contributed by atoms with van der Waals surface area (Å²) in [6.07, 6.45) is 9.17. The summed E-state index contributed by atoms with van der Waals surface area (Å²) >= 11 is 0. The van der Waals surface area contributed by atoms with Crippen LogP contribution in [0, 0.1) is 35.4 Å². The van der Waals surface area contributed by atoms with Crippen LogP contribution in [0.4, 0.5) is 4.39 Å². The molecule has 0 bridgehead atoms. The lowest BCUT2D eigenvalue weighted by molar-refractivity contribution is -0.144. The van der Waals surface area contributed by atoms with Crippen LogP contribution in [0.15, 0.2) is 41.0 Å². The number of aliphatic imine (C=N–C) groups is 1. The van der Waals surface area contributed by atoms with Crippen LogP contribution in [0.25, 0.3) is 0 Å². The van der Waals surface area contributed by atoms with Crippen LogP contribution in [0.1, 0.15) is 57.9 Å². The number of cyclic esters (lactones) is 1. The van der Waals surface area contributed by atoms with E-state index < -0.39 is 0 Å². The summed E-state index contributed by atoms with van der Waals surface area (Å²) in [6, 6.07) is 6.58. The standard InChI is InChI=1S/C26H32FNO3/c1-3-20(28-12-11-17-5-4-6-19(27)13-17)8-10-22-23-15-21(29)9-7-18(23)14-24-25(22)16(2)31-26(24)30/h3-6,12-13,16,18,22-25H,7-11,14-15H2,1-2H3/b20-3-,28-12-/t16-,18?,22+,23?,24?,25+/m1/s1. The Morgan fingerprint density at radius 3 is 2.94 bits per heavy atom. The average molecular weight is 426 g/mol. The van der Waals surface area contributed by atoms with Crippen LogP contribution in [0.3, 0.4) is 0 Å². The highest BCUT2D eigenvalue weighted by atomic mass is 19.1. The third kappa shape index (κ3) is 4.81. The number of halogens is 1. The fourth-order valence-electron chi connectivity index (χ4n) is 6.17. The SMILES string of the molecule is C/C=C(CC[C@H]1C2CC(=O)CCC2CC2C(=O)O[C@H](C)[C@H]21)\N=C/Cc1cccc(F)c1. The van der Waals surface area contributed by atoms with Gasteiger partial charge in [-0.2, -0.15) is 0 Å². The third-order valence-corrected chi connectivity index (χ3v) is 7.62. The molecule has 2 saturated carbocycles. The second-order valence-corrected chi connectivity index (χ2v) is 9.40. The van der Waals surface area contributed by atoms with Gasteiger partial charge in [-0.25, -0.2) is 4.39 Å². The van der Waals surface area contributed by atoms with Gasteiger partial charge in [-0.05, 0) is 75.0 Å². The number of fused-ring (bicyclic) bond motifs is 2. The second-order valence-electron chi connectivity index (χ2n) is 9.40. The molecule has 31 heavy (non-hydrogen) atoms. The molecule has 166 valence electrons. The monoisotopic (exact) mass is 425 g/mol. The van der Waals surface area contributed by atoms with Gasteiger partial charge in [0.05, 0.1) is 5.92 Å². The number of hydrogen-bond acceptors (Lipinski definition) is 4. The van der Waals surface area contributed by atoms with Crippen molar-refractivity contribution in [1.29, 1.82) is 0 Å². The zero-order chi connectivity index (χ0) is 22.0. The number of hydrogen-bond donors (Lipinski definition) is 0. The first kappa shape index (κ1) is 21.9. The molecule has 3 unspecified atom stereocenters. The van der Waals surface area contributed by atoms with Crippen molar-refractivity contribution in [2.45, 2.75) is 64.9 Å². The molecular formula is C26H32FNO3. The number of esters is 1. The molecule has 1 aromatic rings. The van der Waals surface area contributed by atoms with Gasteiger partial charge in [-0.15, -0.1) is 0 Å². The molecule has 0 spiro atoms. The summed E-state index contributed by atoms with van der Waals surface area (Å²) in [5.41, 5.74) is 1.89. The summed E-state index contributed by atoms with van der Waals surface area (Å²) < 4.78 is 19.0. The van der Waals surface area contributed by atoms with Gasteiger partial charge >= 0.3 is 5.97 Å². The van der Waals surface area contributed by atoms with Crippen molar-refractivity contribution < 1.29 is 18.7 Å². The number of Topliss-reactive ketones (excluding diaryl/α,β-unsaturated/α-hetero) is 1. The highest BCUT2D eigenvalue weighted by molar-refractivity contribution is 5.80. The first-order valence-corrected chi connectivity index (χ1v) is 11.6. The summed E-state index contributed by atoms with van der Waals surface area (Å²) in [4.78, 5) is 29.3. The van der Waals surface area contributed by atoms with Gasteiger partial charge in [0.1, 0.15) is 17.7 Å². The zero-order valence-corrected chi connectivity index (χ0v) is 18.4. The predicted molar refractivity (Wildman–Crippen MR) is 118 cm³/mol. The largest absolute Gasteiger partial charge is 0.462 e. The number of carbonyl (C=O) groups is 2. The van der Waals surface area contributed by atoms with E-state index in [0.717, 1.165) is 36.9 Å². The molecular weight excluding hydrogens is 393 g/mol. The van der Waals surface area contributed by atoms with E-state index in [1.54, 1.807) is 6.07 Å². The molecule has 0 radical (unpaired) electrons. The van der Waals surface area contributed by atoms with E-state index in [1.165, 1.54) is 12.1 Å². The normalized spacial score (nSPS) is 33.3.